The van der Waals surface area contributed by atoms with Gasteiger partial charge in [0.1, 0.15) is 23.7 Å². The lowest BCUT2D eigenvalue weighted by atomic mass is 9.82. The molecule has 6 atom stereocenters. The predicted molar refractivity (Wildman–Crippen MR) is 161 cm³/mol. The Morgan fingerprint density at radius 3 is 2.14 bits per heavy atom. The summed E-state index contributed by atoms with van der Waals surface area (Å²) in [5.74, 6) is -3.47. The number of hydrogen-bond donors (Lipinski definition) is 2. The molecule has 43 heavy (non-hydrogen) atoms. The summed E-state index contributed by atoms with van der Waals surface area (Å²) in [4.78, 5) is 85.4. The number of ether oxygens (including phenoxy) is 1. The molecule has 0 aromatic rings. The van der Waals surface area contributed by atoms with E-state index in [0.29, 0.717) is 25.8 Å². The van der Waals surface area contributed by atoms with E-state index >= 15 is 0 Å². The summed E-state index contributed by atoms with van der Waals surface area (Å²) in [6.45, 7) is 14.7. The van der Waals surface area contributed by atoms with Gasteiger partial charge in [-0.05, 0) is 50.9 Å². The molecule has 2 saturated heterocycles. The van der Waals surface area contributed by atoms with Crippen molar-refractivity contribution >= 4 is 35.5 Å². The first-order valence-electron chi connectivity index (χ1n) is 15.6. The van der Waals surface area contributed by atoms with Crippen LogP contribution >= 0.6 is 0 Å². The van der Waals surface area contributed by atoms with E-state index in [2.05, 4.69) is 10.6 Å². The molecule has 0 spiro atoms. The number of esters is 1. The number of hydrogen-bond acceptors (Lipinski definition) is 7. The van der Waals surface area contributed by atoms with Crippen molar-refractivity contribution in [2.45, 2.75) is 117 Å². The topological polar surface area (TPSA) is 145 Å². The molecule has 244 valence electrons. The number of nitrogens with zero attached hydrogens (tertiary/aromatic N) is 3. The van der Waals surface area contributed by atoms with Crippen molar-refractivity contribution in [2.75, 3.05) is 27.2 Å². The van der Waals surface area contributed by atoms with E-state index in [1.54, 1.807) is 20.9 Å². The van der Waals surface area contributed by atoms with Crippen LogP contribution in [0, 0.1) is 17.8 Å². The SMILES string of the molecule is CC[C@H](C)[C@]1(C)NC(=O)[C@@H]2CCCN2C(=O)[C@@H](CC(C)C)OC(=O)CCNC(=O)[C@H](C)N(C)C(=O)[C@H](C(C)C)N(C)C1=O. The average Bonchev–Trinajstić information content (AvgIpc) is 3.43. The van der Waals surface area contributed by atoms with Crippen molar-refractivity contribution in [3.05, 3.63) is 0 Å². The molecule has 2 N–H and O–H groups in total. The number of amides is 5. The molecule has 2 rings (SSSR count). The summed E-state index contributed by atoms with van der Waals surface area (Å²) in [6, 6.07) is -2.64. The van der Waals surface area contributed by atoms with E-state index in [-0.39, 0.29) is 37.1 Å². The smallest absolute Gasteiger partial charge is 0.308 e. The van der Waals surface area contributed by atoms with E-state index < -0.39 is 65.3 Å². The number of carbonyl (C=O) groups is 6. The molecule has 0 aromatic carbocycles. The molecule has 0 radical (unpaired) electrons. The van der Waals surface area contributed by atoms with E-state index in [4.69, 9.17) is 4.74 Å². The van der Waals surface area contributed by atoms with Gasteiger partial charge >= 0.3 is 5.97 Å². The van der Waals surface area contributed by atoms with Crippen LogP contribution in [0.5, 0.6) is 0 Å². The van der Waals surface area contributed by atoms with Crippen LogP contribution in [-0.4, -0.2) is 107 Å². The molecule has 2 aliphatic heterocycles. The number of carbonyl (C=O) groups excluding carboxylic acids is 6. The van der Waals surface area contributed by atoms with Gasteiger partial charge < -0.3 is 30.1 Å². The van der Waals surface area contributed by atoms with Gasteiger partial charge in [-0.15, -0.1) is 0 Å². The largest absolute Gasteiger partial charge is 0.452 e. The minimum Gasteiger partial charge on any atom is -0.452 e. The summed E-state index contributed by atoms with van der Waals surface area (Å²) in [5, 5.41) is 5.65. The van der Waals surface area contributed by atoms with Crippen molar-refractivity contribution in [1.29, 1.82) is 0 Å². The lowest BCUT2D eigenvalue weighted by Gasteiger charge is -2.43. The maximum atomic E-state index is 14.3. The van der Waals surface area contributed by atoms with E-state index in [0.717, 1.165) is 0 Å². The Hall–Kier alpha value is -3.18. The first-order chi connectivity index (χ1) is 20.0. The van der Waals surface area contributed by atoms with Crippen molar-refractivity contribution in [2.24, 2.45) is 17.8 Å². The molecule has 12 nitrogen and oxygen atoms in total. The Balaban J connectivity index is 2.60. The monoisotopic (exact) mass is 607 g/mol. The number of cyclic esters (lactones) is 1. The first kappa shape index (κ1) is 36.0. The van der Waals surface area contributed by atoms with Gasteiger partial charge in [-0.25, -0.2) is 0 Å². The zero-order valence-electron chi connectivity index (χ0n) is 27.7. The van der Waals surface area contributed by atoms with E-state index in [1.165, 1.54) is 21.7 Å². The molecular formula is C31H53N5O7. The van der Waals surface area contributed by atoms with Crippen molar-refractivity contribution < 1.29 is 33.5 Å². The second-order valence-electron chi connectivity index (χ2n) is 13.1. The quantitative estimate of drug-likeness (QED) is 0.453. The highest BCUT2D eigenvalue weighted by Gasteiger charge is 2.48. The number of fused-ring (bicyclic) bond motifs is 1. The standard InChI is InChI=1S/C31H53N5O7/c1-11-20(6)31(8)30(42)35(10)25(19(4)5)29(41)34(9)21(7)26(38)32-15-14-24(37)43-23(17-18(2)3)28(40)36-16-12-13-22(36)27(39)33-31/h18-23,25H,11-17H2,1-10H3,(H,32,38)(H,33,39)/t20-,21-,22-,23+,25-,31-/m0/s1. The molecule has 5 amide bonds. The van der Waals surface area contributed by atoms with Gasteiger partial charge in [-0.2, -0.15) is 0 Å². The minimum atomic E-state index is -1.39. The highest BCUT2D eigenvalue weighted by molar-refractivity contribution is 5.98. The van der Waals surface area contributed by atoms with Gasteiger partial charge in [0.15, 0.2) is 6.10 Å². The number of likely N-dealkylation sites (N-methyl/N-ethyl adjacent to an activating group) is 2. The molecule has 0 bridgehead atoms. The van der Waals surface area contributed by atoms with Crippen molar-refractivity contribution in [3.8, 4) is 0 Å². The number of rotatable bonds is 5. The second-order valence-corrected chi connectivity index (χ2v) is 13.1. The highest BCUT2D eigenvalue weighted by Crippen LogP contribution is 2.28. The summed E-state index contributed by atoms with van der Waals surface area (Å²) in [5.41, 5.74) is -1.39. The maximum absolute atomic E-state index is 14.3. The van der Waals surface area contributed by atoms with Crippen LogP contribution < -0.4 is 10.6 Å². The fourth-order valence-corrected chi connectivity index (χ4v) is 5.87. The minimum absolute atomic E-state index is 0.0302. The van der Waals surface area contributed by atoms with Crippen LogP contribution in [0.4, 0.5) is 0 Å². The summed E-state index contributed by atoms with van der Waals surface area (Å²) in [6.07, 6.45) is 0.579. The van der Waals surface area contributed by atoms with Gasteiger partial charge in [0.25, 0.3) is 5.91 Å². The Morgan fingerprint density at radius 2 is 1.58 bits per heavy atom. The first-order valence-corrected chi connectivity index (χ1v) is 15.6. The van der Waals surface area contributed by atoms with Gasteiger partial charge in [0.05, 0.1) is 6.42 Å². The normalized spacial score (nSPS) is 30.0. The Labute approximate surface area is 256 Å². The Bertz CT molecular complexity index is 1060. The molecule has 0 unspecified atom stereocenters. The molecule has 0 aromatic heterocycles. The highest BCUT2D eigenvalue weighted by atomic mass is 16.5. The van der Waals surface area contributed by atoms with Crippen LogP contribution in [0.25, 0.3) is 0 Å². The molecule has 12 heteroatoms. The molecule has 2 aliphatic rings. The van der Waals surface area contributed by atoms with Crippen LogP contribution in [0.15, 0.2) is 0 Å². The third-order valence-electron chi connectivity index (χ3n) is 9.06. The summed E-state index contributed by atoms with van der Waals surface area (Å²) < 4.78 is 5.61. The molecule has 0 saturated carbocycles. The summed E-state index contributed by atoms with van der Waals surface area (Å²) in [7, 11) is 3.05. The fourth-order valence-electron chi connectivity index (χ4n) is 5.87. The van der Waals surface area contributed by atoms with Crippen molar-refractivity contribution in [3.63, 3.8) is 0 Å². The number of nitrogens with one attached hydrogen (secondary N) is 2. The third kappa shape index (κ3) is 8.26. The Kier molecular flexibility index (Phi) is 12.6. The van der Waals surface area contributed by atoms with Crippen LogP contribution in [0.3, 0.4) is 0 Å². The molecule has 2 fully saturated rings. The van der Waals surface area contributed by atoms with Gasteiger partial charge in [-0.3, -0.25) is 28.8 Å². The van der Waals surface area contributed by atoms with Crippen LogP contribution in [-0.2, 0) is 33.5 Å². The lowest BCUT2D eigenvalue weighted by Crippen LogP contribution is -2.66. The average molecular weight is 608 g/mol. The van der Waals surface area contributed by atoms with Crippen molar-refractivity contribution in [1.82, 2.24) is 25.3 Å². The van der Waals surface area contributed by atoms with Gasteiger partial charge in [0, 0.05) is 27.2 Å². The van der Waals surface area contributed by atoms with Crippen LogP contribution in [0.2, 0.25) is 0 Å². The predicted octanol–water partition coefficient (Wildman–Crippen LogP) is 1.71. The second kappa shape index (κ2) is 15.0. The van der Waals surface area contributed by atoms with Gasteiger partial charge in [0.2, 0.25) is 23.6 Å². The summed E-state index contributed by atoms with van der Waals surface area (Å²) >= 11 is 0. The van der Waals surface area contributed by atoms with E-state index in [1.807, 2.05) is 41.5 Å². The third-order valence-corrected chi connectivity index (χ3v) is 9.06. The molecule has 0 aliphatic carbocycles. The maximum Gasteiger partial charge on any atom is 0.308 e. The van der Waals surface area contributed by atoms with Crippen LogP contribution in [0.1, 0.15) is 87.5 Å². The lowest BCUT2D eigenvalue weighted by molar-refractivity contribution is -0.162. The zero-order chi connectivity index (χ0) is 32.8. The molecular weight excluding hydrogens is 554 g/mol. The Morgan fingerprint density at radius 1 is 0.953 bits per heavy atom. The van der Waals surface area contributed by atoms with E-state index in [9.17, 15) is 28.8 Å². The zero-order valence-corrected chi connectivity index (χ0v) is 27.7. The molecule has 2 heterocycles. The van der Waals surface area contributed by atoms with Gasteiger partial charge in [-0.1, -0.05) is 48.0 Å². The fraction of sp³-hybridized carbons (Fsp3) is 0.806.